The van der Waals surface area contributed by atoms with Crippen LogP contribution in [0, 0.1) is 12.8 Å². The van der Waals surface area contributed by atoms with Gasteiger partial charge in [-0.2, -0.15) is 0 Å². The molecule has 1 aliphatic carbocycles. The first-order valence-electron chi connectivity index (χ1n) is 13.5. The number of carbonyl (C=O) groups is 1. The van der Waals surface area contributed by atoms with E-state index in [1.54, 1.807) is 0 Å². The molecule has 1 aromatic carbocycles. The molecule has 0 radical (unpaired) electrons. The normalized spacial score (nSPS) is 19.2. The Morgan fingerprint density at radius 2 is 1.47 bits per heavy atom. The molecule has 0 bridgehead atoms. The number of benzene rings is 1. The average molecular weight is 513 g/mol. The minimum atomic E-state index is -2.99. The third-order valence-corrected chi connectivity index (χ3v) is 9.80. The lowest BCUT2D eigenvalue weighted by atomic mass is 9.79. The third-order valence-electron chi connectivity index (χ3n) is 7.98. The van der Waals surface area contributed by atoms with Crippen LogP contribution in [0.15, 0.2) is 24.3 Å². The summed E-state index contributed by atoms with van der Waals surface area (Å²) in [6.45, 7) is 16.4. The van der Waals surface area contributed by atoms with Crippen LogP contribution in [0.1, 0.15) is 101 Å². The summed E-state index contributed by atoms with van der Waals surface area (Å²) in [7, 11) is -2.99. The molecule has 2 fully saturated rings. The molecule has 1 amide bonds. The van der Waals surface area contributed by atoms with Gasteiger partial charge in [0, 0.05) is 17.9 Å². The number of aromatic nitrogens is 1. The van der Waals surface area contributed by atoms with Crippen molar-refractivity contribution in [3.63, 3.8) is 0 Å². The molecule has 198 valence electrons. The van der Waals surface area contributed by atoms with E-state index in [4.69, 9.17) is 0 Å². The Morgan fingerprint density at radius 3 is 1.97 bits per heavy atom. The van der Waals surface area contributed by atoms with Crippen molar-refractivity contribution in [1.29, 1.82) is 0 Å². The smallest absolute Gasteiger partial charge is 0.253 e. The molecule has 0 unspecified atom stereocenters. The molecule has 36 heavy (non-hydrogen) atoms. The Bertz CT molecular complexity index is 1190. The summed E-state index contributed by atoms with van der Waals surface area (Å²) in [6.07, 6.45) is 6.32. The highest BCUT2D eigenvalue weighted by Crippen LogP contribution is 2.37. The Morgan fingerprint density at radius 1 is 0.917 bits per heavy atom. The predicted molar refractivity (Wildman–Crippen MR) is 148 cm³/mol. The third kappa shape index (κ3) is 5.90. The quantitative estimate of drug-likeness (QED) is 0.521. The molecule has 0 atom stereocenters. The van der Waals surface area contributed by atoms with Gasteiger partial charge in [0.2, 0.25) is 0 Å². The second kappa shape index (κ2) is 9.66. The van der Waals surface area contributed by atoms with Crippen LogP contribution in [0.2, 0.25) is 0 Å². The van der Waals surface area contributed by atoms with Crippen LogP contribution in [0.25, 0.3) is 11.3 Å². The lowest BCUT2D eigenvalue weighted by Gasteiger charge is -2.27. The second-order valence-corrected chi connectivity index (χ2v) is 15.3. The lowest BCUT2D eigenvalue weighted by Crippen LogP contribution is -2.53. The van der Waals surface area contributed by atoms with Crippen LogP contribution >= 0.6 is 0 Å². The zero-order valence-electron chi connectivity index (χ0n) is 23.2. The second-order valence-electron chi connectivity index (χ2n) is 13.2. The fourth-order valence-corrected chi connectivity index (χ4v) is 6.82. The molecule has 1 saturated carbocycles. The van der Waals surface area contributed by atoms with Crippen LogP contribution in [0.5, 0.6) is 0 Å². The van der Waals surface area contributed by atoms with Gasteiger partial charge in [0.05, 0.1) is 23.1 Å². The van der Waals surface area contributed by atoms with Gasteiger partial charge in [0.1, 0.15) is 0 Å². The van der Waals surface area contributed by atoms with E-state index in [0.29, 0.717) is 11.5 Å². The van der Waals surface area contributed by atoms with Gasteiger partial charge in [-0.05, 0) is 71.4 Å². The van der Waals surface area contributed by atoms with Gasteiger partial charge in [-0.25, -0.2) is 8.42 Å². The Labute approximate surface area is 218 Å². The van der Waals surface area contributed by atoms with Crippen LogP contribution in [-0.4, -0.2) is 36.4 Å². The van der Waals surface area contributed by atoms with Crippen molar-refractivity contribution in [3.05, 3.63) is 46.6 Å². The minimum absolute atomic E-state index is 0.00175. The predicted octanol–water partition coefficient (Wildman–Crippen LogP) is 6.17. The molecular weight excluding hydrogens is 468 g/mol. The summed E-state index contributed by atoms with van der Waals surface area (Å²) < 4.78 is 25.6. The zero-order valence-corrected chi connectivity index (χ0v) is 24.0. The molecule has 1 aromatic heterocycles. The maximum Gasteiger partial charge on any atom is 0.253 e. The van der Waals surface area contributed by atoms with E-state index in [0.717, 1.165) is 23.5 Å². The van der Waals surface area contributed by atoms with Gasteiger partial charge in [-0.1, -0.05) is 66.9 Å². The highest BCUT2D eigenvalue weighted by Gasteiger charge is 2.35. The fourth-order valence-electron chi connectivity index (χ4n) is 5.53. The number of sulfone groups is 1. The topological polar surface area (TPSA) is 68.2 Å². The number of nitrogens with zero attached hydrogens (tertiary/aromatic N) is 1. The van der Waals surface area contributed by atoms with Gasteiger partial charge in [0.15, 0.2) is 9.84 Å². The van der Waals surface area contributed by atoms with E-state index < -0.39 is 9.84 Å². The van der Waals surface area contributed by atoms with Crippen molar-refractivity contribution in [2.24, 2.45) is 5.92 Å². The fraction of sp³-hybridized carbons (Fsp3) is 0.633. The summed E-state index contributed by atoms with van der Waals surface area (Å²) in [4.78, 5) is 13.3. The van der Waals surface area contributed by atoms with Gasteiger partial charge >= 0.3 is 0 Å². The minimum Gasteiger partial charge on any atom is -0.347 e. The molecule has 4 rings (SSSR count). The van der Waals surface area contributed by atoms with E-state index in [2.05, 4.69) is 69.6 Å². The number of hydrogen-bond donors (Lipinski definition) is 1. The van der Waals surface area contributed by atoms with Crippen LogP contribution in [-0.2, 0) is 27.2 Å². The molecule has 2 heterocycles. The molecule has 1 N–H and O–H groups in total. The van der Waals surface area contributed by atoms with Crippen molar-refractivity contribution in [3.8, 4) is 11.3 Å². The highest BCUT2D eigenvalue weighted by molar-refractivity contribution is 7.92. The maximum atomic E-state index is 13.3. The SMILES string of the molecule is Cc1c(C(=O)NC2CS(=O)(=O)C2)cc(-c2cc(C(C)(C)C)cc(C(C)(C)C)c2)n1CC1CCCCC1. The summed E-state index contributed by atoms with van der Waals surface area (Å²) in [6, 6.07) is 8.66. The summed E-state index contributed by atoms with van der Waals surface area (Å²) in [5.74, 6) is 0.523. The van der Waals surface area contributed by atoms with Crippen LogP contribution < -0.4 is 5.32 Å². The molecule has 1 saturated heterocycles. The number of amides is 1. The van der Waals surface area contributed by atoms with Crippen LogP contribution in [0.3, 0.4) is 0 Å². The first kappa shape index (κ1) is 27.0. The first-order chi connectivity index (χ1) is 16.6. The van der Waals surface area contributed by atoms with E-state index >= 15 is 0 Å². The Hall–Kier alpha value is -2.08. The molecule has 1 aliphatic heterocycles. The summed E-state index contributed by atoms with van der Waals surface area (Å²) >= 11 is 0. The summed E-state index contributed by atoms with van der Waals surface area (Å²) in [5.41, 5.74) is 6.44. The molecule has 5 nitrogen and oxygen atoms in total. The van der Waals surface area contributed by atoms with E-state index in [9.17, 15) is 13.2 Å². The average Bonchev–Trinajstić information content (AvgIpc) is 3.08. The summed E-state index contributed by atoms with van der Waals surface area (Å²) in [5, 5.41) is 2.96. The monoisotopic (exact) mass is 512 g/mol. The molecule has 2 aliphatic rings. The van der Waals surface area contributed by atoms with E-state index in [1.165, 1.54) is 43.2 Å². The standard InChI is InChI=1S/C30H44N2O3S/c1-20-26(28(33)31-25-18-36(34,35)19-25)16-27(32(20)17-21-11-9-8-10-12-21)22-13-23(29(2,3)4)15-24(14-22)30(5,6)7/h13-16,21,25H,8-12,17-19H2,1-7H3,(H,31,33). The first-order valence-corrected chi connectivity index (χ1v) is 15.3. The number of hydrogen-bond acceptors (Lipinski definition) is 3. The van der Waals surface area contributed by atoms with Gasteiger partial charge in [0.25, 0.3) is 5.91 Å². The van der Waals surface area contributed by atoms with E-state index in [-0.39, 0.29) is 34.3 Å². The van der Waals surface area contributed by atoms with Crippen molar-refractivity contribution < 1.29 is 13.2 Å². The zero-order chi connectivity index (χ0) is 26.5. The number of nitrogens with one attached hydrogen (secondary N) is 1. The van der Waals surface area contributed by atoms with Crippen molar-refractivity contribution in [2.45, 2.75) is 104 Å². The van der Waals surface area contributed by atoms with Crippen molar-refractivity contribution in [1.82, 2.24) is 9.88 Å². The van der Waals surface area contributed by atoms with Crippen LogP contribution in [0.4, 0.5) is 0 Å². The Kier molecular flexibility index (Phi) is 7.24. The molecule has 6 heteroatoms. The Balaban J connectivity index is 1.79. The van der Waals surface area contributed by atoms with Crippen molar-refractivity contribution in [2.75, 3.05) is 11.5 Å². The molecule has 0 spiro atoms. The van der Waals surface area contributed by atoms with Gasteiger partial charge in [-0.15, -0.1) is 0 Å². The number of rotatable bonds is 5. The van der Waals surface area contributed by atoms with Gasteiger partial charge in [-0.3, -0.25) is 4.79 Å². The van der Waals surface area contributed by atoms with Crippen molar-refractivity contribution >= 4 is 15.7 Å². The maximum absolute atomic E-state index is 13.3. The largest absolute Gasteiger partial charge is 0.347 e. The lowest BCUT2D eigenvalue weighted by molar-refractivity contribution is 0.0941. The molecule has 2 aromatic rings. The molecular formula is C30H44N2O3S. The van der Waals surface area contributed by atoms with E-state index in [1.807, 2.05) is 13.0 Å². The number of carbonyl (C=O) groups excluding carboxylic acids is 1. The highest BCUT2D eigenvalue weighted by atomic mass is 32.2. The van der Waals surface area contributed by atoms with Gasteiger partial charge < -0.3 is 9.88 Å².